The van der Waals surface area contributed by atoms with E-state index in [1.54, 1.807) is 26.0 Å². The lowest BCUT2D eigenvalue weighted by Gasteiger charge is -2.19. The van der Waals surface area contributed by atoms with Gasteiger partial charge in [0.05, 0.1) is 36.2 Å². The molecule has 9 heteroatoms. The molecular weight excluding hydrogens is 482 g/mol. The molecule has 1 aliphatic rings. The number of benzene rings is 2. The van der Waals surface area contributed by atoms with Crippen LogP contribution in [0.5, 0.6) is 11.6 Å². The number of aliphatic carboxylic acids is 1. The lowest BCUT2D eigenvalue weighted by Crippen LogP contribution is -2.21. The van der Waals surface area contributed by atoms with E-state index in [1.807, 2.05) is 13.8 Å². The Hall–Kier alpha value is -3.59. The summed E-state index contributed by atoms with van der Waals surface area (Å²) in [5.74, 6) is -2.11. The molecular formula is C28H30F2N2O5. The molecule has 2 atom stereocenters. The molecule has 2 aromatic carbocycles. The highest BCUT2D eigenvalue weighted by molar-refractivity contribution is 5.75. The molecule has 0 bridgehead atoms. The van der Waals surface area contributed by atoms with Crippen LogP contribution in [-0.4, -0.2) is 38.4 Å². The molecule has 0 spiro atoms. The van der Waals surface area contributed by atoms with Crippen molar-refractivity contribution in [1.82, 2.24) is 9.97 Å². The summed E-state index contributed by atoms with van der Waals surface area (Å²) in [6.07, 6.45) is 3.83. The molecule has 1 aliphatic carbocycles. The normalized spacial score (nSPS) is 16.9. The zero-order chi connectivity index (χ0) is 26.9. The highest BCUT2D eigenvalue weighted by Crippen LogP contribution is 2.46. The predicted molar refractivity (Wildman–Crippen MR) is 133 cm³/mol. The summed E-state index contributed by atoms with van der Waals surface area (Å²) in [5, 5.41) is 18.9. The second-order valence-corrected chi connectivity index (χ2v) is 10.1. The lowest BCUT2D eigenvalue weighted by atomic mass is 9.93. The minimum atomic E-state index is -0.854. The van der Waals surface area contributed by atoms with Gasteiger partial charge in [-0.25, -0.2) is 13.8 Å². The first-order chi connectivity index (χ1) is 17.4. The van der Waals surface area contributed by atoms with Crippen LogP contribution >= 0.6 is 0 Å². The average Bonchev–Trinajstić information content (AvgIpc) is 3.60. The van der Waals surface area contributed by atoms with Gasteiger partial charge in [0.1, 0.15) is 24.0 Å². The van der Waals surface area contributed by atoms with E-state index in [2.05, 4.69) is 9.97 Å². The molecule has 196 valence electrons. The molecule has 3 aromatic rings. The van der Waals surface area contributed by atoms with Gasteiger partial charge in [-0.1, -0.05) is 0 Å². The third kappa shape index (κ3) is 6.40. The second-order valence-electron chi connectivity index (χ2n) is 10.1. The number of hydrogen-bond acceptors (Lipinski definition) is 6. The van der Waals surface area contributed by atoms with Gasteiger partial charge < -0.3 is 19.7 Å². The van der Waals surface area contributed by atoms with Crippen molar-refractivity contribution < 1.29 is 33.3 Å². The Labute approximate surface area is 214 Å². The van der Waals surface area contributed by atoms with Gasteiger partial charge in [-0.05, 0) is 69.0 Å². The van der Waals surface area contributed by atoms with E-state index >= 15 is 0 Å². The summed E-state index contributed by atoms with van der Waals surface area (Å²) in [7, 11) is 0. The third-order valence-electron chi connectivity index (χ3n) is 6.41. The second kappa shape index (κ2) is 10.4. The Kier molecular flexibility index (Phi) is 7.45. The van der Waals surface area contributed by atoms with E-state index in [1.165, 1.54) is 18.5 Å². The summed E-state index contributed by atoms with van der Waals surface area (Å²) < 4.78 is 40.8. The van der Waals surface area contributed by atoms with Crippen molar-refractivity contribution in [2.24, 2.45) is 5.92 Å². The quantitative estimate of drug-likeness (QED) is 0.378. The van der Waals surface area contributed by atoms with Gasteiger partial charge in [0.2, 0.25) is 5.88 Å². The maximum atomic E-state index is 14.9. The molecule has 1 saturated carbocycles. The van der Waals surface area contributed by atoms with Crippen molar-refractivity contribution in [3.05, 3.63) is 70.7 Å². The standard InChI is InChI=1S/C28H30F2N2O5/c1-15-7-18(36-6-5-28(3,4)35)8-16(2)26(15)21-9-17(22(29)11-23(21)30)14-37-25-13-31-24(12-32-25)19-10-20(19)27(33)34/h7-9,11-13,19-20,35H,5-6,10,14H2,1-4H3,(H,33,34)/t19-,20-/m1/s1. The van der Waals surface area contributed by atoms with E-state index in [9.17, 15) is 18.7 Å². The summed E-state index contributed by atoms with van der Waals surface area (Å²) in [4.78, 5) is 19.4. The van der Waals surface area contributed by atoms with Crippen LogP contribution in [0.3, 0.4) is 0 Å². The number of carboxylic acid groups (broad SMARTS) is 1. The first-order valence-corrected chi connectivity index (χ1v) is 12.0. The highest BCUT2D eigenvalue weighted by Gasteiger charge is 2.45. The van der Waals surface area contributed by atoms with E-state index in [0.717, 1.165) is 17.2 Å². The molecule has 4 rings (SSSR count). The van der Waals surface area contributed by atoms with E-state index in [-0.39, 0.29) is 29.5 Å². The first kappa shape index (κ1) is 26.5. The molecule has 0 unspecified atom stereocenters. The van der Waals surface area contributed by atoms with E-state index in [4.69, 9.17) is 14.6 Å². The number of aliphatic hydroxyl groups is 1. The summed E-state index contributed by atoms with van der Waals surface area (Å²) in [5.41, 5.74) is 2.29. The van der Waals surface area contributed by atoms with E-state index < -0.39 is 29.1 Å². The van der Waals surface area contributed by atoms with Crippen LogP contribution < -0.4 is 9.47 Å². The Bertz CT molecular complexity index is 1280. The van der Waals surface area contributed by atoms with Crippen LogP contribution in [0.15, 0.2) is 36.7 Å². The number of aryl methyl sites for hydroxylation is 2. The van der Waals surface area contributed by atoms with E-state index in [0.29, 0.717) is 36.5 Å². The average molecular weight is 513 g/mol. The van der Waals surface area contributed by atoms with Gasteiger partial charge in [0.25, 0.3) is 0 Å². The van der Waals surface area contributed by atoms with Gasteiger partial charge in [-0.2, -0.15) is 0 Å². The molecule has 0 radical (unpaired) electrons. The van der Waals surface area contributed by atoms with Crippen molar-refractivity contribution in [2.75, 3.05) is 6.61 Å². The fourth-order valence-corrected chi connectivity index (χ4v) is 4.29. The topological polar surface area (TPSA) is 102 Å². The predicted octanol–water partition coefficient (Wildman–Crippen LogP) is 5.35. The molecule has 1 fully saturated rings. The molecule has 37 heavy (non-hydrogen) atoms. The van der Waals surface area contributed by atoms with Gasteiger partial charge in [-0.15, -0.1) is 0 Å². The van der Waals surface area contributed by atoms with Crippen molar-refractivity contribution in [3.63, 3.8) is 0 Å². The van der Waals surface area contributed by atoms with Gasteiger partial charge in [0.15, 0.2) is 0 Å². The number of aromatic nitrogens is 2. The summed E-state index contributed by atoms with van der Waals surface area (Å²) in [6.45, 7) is 7.22. The zero-order valence-electron chi connectivity index (χ0n) is 21.2. The fraction of sp³-hybridized carbons (Fsp3) is 0.393. The fourth-order valence-electron chi connectivity index (χ4n) is 4.29. The van der Waals surface area contributed by atoms with Crippen LogP contribution in [0.4, 0.5) is 8.78 Å². The Balaban J connectivity index is 1.49. The van der Waals surface area contributed by atoms with Crippen LogP contribution in [-0.2, 0) is 11.4 Å². The number of carbonyl (C=O) groups is 1. The monoisotopic (exact) mass is 512 g/mol. The number of ether oxygens (including phenoxy) is 2. The minimum Gasteiger partial charge on any atom is -0.493 e. The Morgan fingerprint density at radius 2 is 1.76 bits per heavy atom. The van der Waals surface area contributed by atoms with Crippen LogP contribution in [0.2, 0.25) is 0 Å². The number of carboxylic acids is 1. The molecule has 0 aliphatic heterocycles. The third-order valence-corrected chi connectivity index (χ3v) is 6.41. The Morgan fingerprint density at radius 3 is 2.32 bits per heavy atom. The molecule has 7 nitrogen and oxygen atoms in total. The maximum Gasteiger partial charge on any atom is 0.307 e. The lowest BCUT2D eigenvalue weighted by molar-refractivity contribution is -0.138. The highest BCUT2D eigenvalue weighted by atomic mass is 19.1. The Morgan fingerprint density at radius 1 is 1.05 bits per heavy atom. The zero-order valence-corrected chi connectivity index (χ0v) is 21.2. The molecule has 0 amide bonds. The first-order valence-electron chi connectivity index (χ1n) is 12.0. The molecule has 1 aromatic heterocycles. The number of hydrogen-bond donors (Lipinski definition) is 2. The van der Waals surface area contributed by atoms with Crippen molar-refractivity contribution in [3.8, 4) is 22.8 Å². The van der Waals surface area contributed by atoms with Gasteiger partial charge >= 0.3 is 5.97 Å². The minimum absolute atomic E-state index is 0.152. The van der Waals surface area contributed by atoms with Crippen molar-refractivity contribution in [1.29, 1.82) is 0 Å². The molecule has 1 heterocycles. The van der Waals surface area contributed by atoms with Crippen LogP contribution in [0.25, 0.3) is 11.1 Å². The van der Waals surface area contributed by atoms with Gasteiger partial charge in [0, 0.05) is 29.5 Å². The number of rotatable bonds is 10. The molecule has 2 N–H and O–H groups in total. The van der Waals surface area contributed by atoms with Crippen LogP contribution in [0.1, 0.15) is 55.0 Å². The summed E-state index contributed by atoms with van der Waals surface area (Å²) >= 11 is 0. The van der Waals surface area contributed by atoms with Crippen molar-refractivity contribution >= 4 is 5.97 Å². The van der Waals surface area contributed by atoms with Gasteiger partial charge in [-0.3, -0.25) is 9.78 Å². The smallest absolute Gasteiger partial charge is 0.307 e. The molecule has 0 saturated heterocycles. The van der Waals surface area contributed by atoms with Crippen LogP contribution in [0, 0.1) is 31.4 Å². The number of nitrogens with zero attached hydrogens (tertiary/aromatic N) is 2. The number of halogens is 2. The van der Waals surface area contributed by atoms with Crippen molar-refractivity contribution in [2.45, 2.75) is 58.7 Å². The SMILES string of the molecule is Cc1cc(OCCC(C)(C)O)cc(C)c1-c1cc(COc2cnc([C@@H]3C[C@H]3C(=O)O)cn2)c(F)cc1F. The summed E-state index contributed by atoms with van der Waals surface area (Å²) in [6, 6.07) is 5.85. The largest absolute Gasteiger partial charge is 0.493 e. The maximum absolute atomic E-state index is 14.9.